The molecule has 0 atom stereocenters. The van der Waals surface area contributed by atoms with Gasteiger partial charge < -0.3 is 15.7 Å². The molecule has 0 aliphatic carbocycles. The molecule has 0 heterocycles. The number of hydrogen-bond donors (Lipinski definition) is 3. The van der Waals surface area contributed by atoms with E-state index < -0.39 is 0 Å². The highest BCUT2D eigenvalue weighted by molar-refractivity contribution is 6.23. The summed E-state index contributed by atoms with van der Waals surface area (Å²) in [6.07, 6.45) is 0. The smallest absolute Gasteiger partial charge is 0.0555 e. The van der Waals surface area contributed by atoms with Crippen LogP contribution in [0.15, 0.2) is 54.6 Å². The Balaban J connectivity index is 0.00000182. The first-order chi connectivity index (χ1) is 11.9. The Morgan fingerprint density at radius 1 is 0.680 bits per heavy atom. The molecule has 0 unspecified atom stereocenters. The lowest BCUT2D eigenvalue weighted by atomic mass is 9.92. The average molecular weight is 355 g/mol. The zero-order chi connectivity index (χ0) is 16.4. The van der Waals surface area contributed by atoms with Crippen LogP contribution in [0.25, 0.3) is 32.3 Å². The summed E-state index contributed by atoms with van der Waals surface area (Å²) in [6, 6.07) is 19.9. The zero-order valence-corrected chi connectivity index (χ0v) is 14.9. The zero-order valence-electron chi connectivity index (χ0n) is 14.1. The van der Waals surface area contributed by atoms with E-state index in [1.165, 1.54) is 37.9 Å². The monoisotopic (exact) mass is 354 g/mol. The molecule has 4 heteroatoms. The van der Waals surface area contributed by atoms with E-state index in [2.05, 4.69) is 65.2 Å². The van der Waals surface area contributed by atoms with Crippen LogP contribution in [0.5, 0.6) is 0 Å². The van der Waals surface area contributed by atoms with Crippen LogP contribution in [0.1, 0.15) is 5.56 Å². The minimum absolute atomic E-state index is 0. The van der Waals surface area contributed by atoms with Gasteiger partial charge in [-0.2, -0.15) is 0 Å². The molecule has 3 nitrogen and oxygen atoms in total. The van der Waals surface area contributed by atoms with E-state index >= 15 is 0 Å². The minimum Gasteiger partial charge on any atom is -0.395 e. The highest BCUT2D eigenvalue weighted by Crippen LogP contribution is 2.35. The molecule has 0 aliphatic heterocycles. The van der Waals surface area contributed by atoms with Crippen LogP contribution in [0.4, 0.5) is 0 Å². The Bertz CT molecular complexity index is 954. The molecular weight excluding hydrogens is 332 g/mol. The molecular formula is C21H23ClN2O. The molecule has 0 aliphatic rings. The van der Waals surface area contributed by atoms with Crippen molar-refractivity contribution in [3.8, 4) is 0 Å². The summed E-state index contributed by atoms with van der Waals surface area (Å²) < 4.78 is 0. The van der Waals surface area contributed by atoms with Crippen LogP contribution < -0.4 is 10.6 Å². The molecule has 4 rings (SSSR count). The topological polar surface area (TPSA) is 44.3 Å². The third-order valence-electron chi connectivity index (χ3n) is 4.70. The van der Waals surface area contributed by atoms with Crippen LogP contribution in [0.2, 0.25) is 0 Å². The van der Waals surface area contributed by atoms with Crippen LogP contribution in [0, 0.1) is 0 Å². The first kappa shape index (κ1) is 17.9. The summed E-state index contributed by atoms with van der Waals surface area (Å²) in [5.74, 6) is 0. The number of rotatable bonds is 7. The molecule has 4 aromatic rings. The van der Waals surface area contributed by atoms with Crippen LogP contribution in [0.3, 0.4) is 0 Å². The molecule has 130 valence electrons. The molecule has 0 radical (unpaired) electrons. The Labute approximate surface area is 153 Å². The van der Waals surface area contributed by atoms with Gasteiger partial charge in [0.2, 0.25) is 0 Å². The van der Waals surface area contributed by atoms with Gasteiger partial charge in [0, 0.05) is 26.2 Å². The molecule has 3 N–H and O–H groups in total. The summed E-state index contributed by atoms with van der Waals surface area (Å²) in [5, 5.41) is 23.5. The van der Waals surface area contributed by atoms with Crippen molar-refractivity contribution < 1.29 is 5.11 Å². The molecule has 0 bridgehead atoms. The summed E-state index contributed by atoms with van der Waals surface area (Å²) in [6.45, 7) is 3.46. The first-order valence-corrected chi connectivity index (χ1v) is 8.56. The maximum Gasteiger partial charge on any atom is 0.0555 e. The van der Waals surface area contributed by atoms with Crippen molar-refractivity contribution >= 4 is 44.7 Å². The van der Waals surface area contributed by atoms with Crippen molar-refractivity contribution in [2.45, 2.75) is 6.54 Å². The molecule has 0 saturated carbocycles. The average Bonchev–Trinajstić information content (AvgIpc) is 2.63. The standard InChI is InChI=1S/C21H22N2O.ClH/c24-13-12-22-10-11-23-14-18-7-6-17-5-4-15-2-1-3-16-8-9-19(18)21(17)20(15)16;/h1-9,22-24H,10-14H2;1H. The number of aliphatic hydroxyl groups excluding tert-OH is 1. The van der Waals surface area contributed by atoms with E-state index in [1.54, 1.807) is 0 Å². The van der Waals surface area contributed by atoms with Gasteiger partial charge in [-0.05, 0) is 37.9 Å². The molecule has 0 saturated heterocycles. The third kappa shape index (κ3) is 3.42. The number of benzene rings is 4. The minimum atomic E-state index is 0. The first-order valence-electron chi connectivity index (χ1n) is 8.56. The van der Waals surface area contributed by atoms with Crippen molar-refractivity contribution in [1.82, 2.24) is 10.6 Å². The van der Waals surface area contributed by atoms with Crippen molar-refractivity contribution in [2.24, 2.45) is 0 Å². The molecule has 0 amide bonds. The van der Waals surface area contributed by atoms with Gasteiger partial charge >= 0.3 is 0 Å². The van der Waals surface area contributed by atoms with E-state index in [-0.39, 0.29) is 19.0 Å². The molecule has 0 fully saturated rings. The largest absolute Gasteiger partial charge is 0.395 e. The van der Waals surface area contributed by atoms with E-state index in [4.69, 9.17) is 5.11 Å². The fourth-order valence-electron chi connectivity index (χ4n) is 3.55. The van der Waals surface area contributed by atoms with Crippen molar-refractivity contribution in [1.29, 1.82) is 0 Å². The maximum atomic E-state index is 8.77. The number of aliphatic hydroxyl groups is 1. The van der Waals surface area contributed by atoms with Gasteiger partial charge in [0.1, 0.15) is 0 Å². The highest BCUT2D eigenvalue weighted by atomic mass is 35.5. The second kappa shape index (κ2) is 7.98. The van der Waals surface area contributed by atoms with Crippen LogP contribution in [-0.4, -0.2) is 31.3 Å². The number of hydrogen-bond acceptors (Lipinski definition) is 3. The number of halogens is 1. The summed E-state index contributed by atoms with van der Waals surface area (Å²) in [7, 11) is 0. The fourth-order valence-corrected chi connectivity index (χ4v) is 3.55. The Morgan fingerprint density at radius 3 is 2.08 bits per heavy atom. The Hall–Kier alpha value is -1.91. The van der Waals surface area contributed by atoms with E-state index in [9.17, 15) is 0 Å². The fraction of sp³-hybridized carbons (Fsp3) is 0.238. The number of nitrogens with one attached hydrogen (secondary N) is 2. The van der Waals surface area contributed by atoms with Gasteiger partial charge in [-0.1, -0.05) is 54.6 Å². The molecule has 4 aromatic carbocycles. The third-order valence-corrected chi connectivity index (χ3v) is 4.70. The van der Waals surface area contributed by atoms with Crippen LogP contribution >= 0.6 is 12.4 Å². The summed E-state index contributed by atoms with van der Waals surface area (Å²) >= 11 is 0. The SMILES string of the molecule is Cl.OCCNCCNCc1ccc2ccc3cccc4ccc1c2c34. The van der Waals surface area contributed by atoms with E-state index in [1.807, 2.05) is 0 Å². The second-order valence-corrected chi connectivity index (χ2v) is 6.23. The second-order valence-electron chi connectivity index (χ2n) is 6.23. The highest BCUT2D eigenvalue weighted by Gasteiger charge is 2.10. The van der Waals surface area contributed by atoms with Gasteiger partial charge in [0.15, 0.2) is 0 Å². The predicted octanol–water partition coefficient (Wildman–Crippen LogP) is 3.68. The van der Waals surface area contributed by atoms with Gasteiger partial charge in [-0.15, -0.1) is 12.4 Å². The van der Waals surface area contributed by atoms with E-state index in [0.717, 1.165) is 19.6 Å². The lowest BCUT2D eigenvalue weighted by Gasteiger charge is -2.14. The van der Waals surface area contributed by atoms with Gasteiger partial charge in [-0.25, -0.2) is 0 Å². The van der Waals surface area contributed by atoms with Crippen molar-refractivity contribution in [2.75, 3.05) is 26.2 Å². The lowest BCUT2D eigenvalue weighted by molar-refractivity contribution is 0.292. The summed E-state index contributed by atoms with van der Waals surface area (Å²) in [5.41, 5.74) is 1.34. The van der Waals surface area contributed by atoms with E-state index in [0.29, 0.717) is 6.54 Å². The molecule has 25 heavy (non-hydrogen) atoms. The Morgan fingerprint density at radius 2 is 1.32 bits per heavy atom. The lowest BCUT2D eigenvalue weighted by Crippen LogP contribution is -2.28. The maximum absolute atomic E-state index is 8.77. The molecule has 0 aromatic heterocycles. The van der Waals surface area contributed by atoms with Gasteiger partial charge in [-0.3, -0.25) is 0 Å². The van der Waals surface area contributed by atoms with Crippen LogP contribution in [-0.2, 0) is 6.54 Å². The molecule has 0 spiro atoms. The van der Waals surface area contributed by atoms with Crippen molar-refractivity contribution in [3.05, 3.63) is 60.2 Å². The van der Waals surface area contributed by atoms with Crippen molar-refractivity contribution in [3.63, 3.8) is 0 Å². The Kier molecular flexibility index (Phi) is 5.71. The van der Waals surface area contributed by atoms with Gasteiger partial charge in [0.05, 0.1) is 6.61 Å². The quantitative estimate of drug-likeness (QED) is 0.350. The predicted molar refractivity (Wildman–Crippen MR) is 109 cm³/mol. The summed E-state index contributed by atoms with van der Waals surface area (Å²) in [4.78, 5) is 0. The van der Waals surface area contributed by atoms with Gasteiger partial charge in [0.25, 0.3) is 0 Å². The normalized spacial score (nSPS) is 11.4.